The molecule has 13 heavy (non-hydrogen) atoms. The molecular weight excluding hydrogens is 198 g/mol. The molecule has 1 N–H and O–H groups in total. The van der Waals surface area contributed by atoms with Crippen molar-refractivity contribution in [2.45, 2.75) is 13.8 Å². The smallest absolute Gasteiger partial charge is 0.138 e. The van der Waals surface area contributed by atoms with Gasteiger partial charge in [0.15, 0.2) is 0 Å². The molecule has 70 valence electrons. The first-order chi connectivity index (χ1) is 6.22. The van der Waals surface area contributed by atoms with Gasteiger partial charge in [-0.05, 0) is 24.8 Å². The molecule has 3 heteroatoms. The molecule has 1 aromatic carbocycles. The van der Waals surface area contributed by atoms with Crippen molar-refractivity contribution in [3.05, 3.63) is 29.8 Å². The lowest BCUT2D eigenvalue weighted by molar-refractivity contribution is 1.47. The van der Waals surface area contributed by atoms with Gasteiger partial charge in [0.1, 0.15) is 4.32 Å². The normalized spacial score (nSPS) is 9.69. The maximum Gasteiger partial charge on any atom is 0.138 e. The van der Waals surface area contributed by atoms with Crippen molar-refractivity contribution in [2.75, 3.05) is 11.1 Å². The van der Waals surface area contributed by atoms with Gasteiger partial charge in [0.25, 0.3) is 0 Å². The first-order valence-electron chi connectivity index (χ1n) is 4.23. The molecule has 0 atom stereocenters. The Morgan fingerprint density at radius 3 is 2.54 bits per heavy atom. The maximum absolute atomic E-state index is 5.12. The summed E-state index contributed by atoms with van der Waals surface area (Å²) in [5, 5.41) is 3.16. The highest BCUT2D eigenvalue weighted by Crippen LogP contribution is 2.12. The summed E-state index contributed by atoms with van der Waals surface area (Å²) < 4.78 is 0.839. The highest BCUT2D eigenvalue weighted by Gasteiger charge is 1.95. The SMILES string of the molecule is CCSC(=S)Nc1ccc(C)cc1. The first-order valence-corrected chi connectivity index (χ1v) is 5.62. The first kappa shape index (κ1) is 10.5. The van der Waals surface area contributed by atoms with E-state index in [4.69, 9.17) is 12.2 Å². The van der Waals surface area contributed by atoms with E-state index in [9.17, 15) is 0 Å². The predicted octanol–water partition coefficient (Wildman–Crippen LogP) is 3.44. The number of nitrogens with one attached hydrogen (secondary N) is 1. The second-order valence-corrected chi connectivity index (χ2v) is 4.65. The summed E-state index contributed by atoms with van der Waals surface area (Å²) in [5.41, 5.74) is 2.33. The van der Waals surface area contributed by atoms with Crippen LogP contribution in [-0.2, 0) is 0 Å². The van der Waals surface area contributed by atoms with Crippen LogP contribution in [0.3, 0.4) is 0 Å². The summed E-state index contributed by atoms with van der Waals surface area (Å²) in [6, 6.07) is 8.22. The minimum Gasteiger partial charge on any atom is -0.341 e. The van der Waals surface area contributed by atoms with Crippen molar-refractivity contribution >= 4 is 34.0 Å². The molecule has 0 saturated heterocycles. The van der Waals surface area contributed by atoms with Crippen LogP contribution in [0, 0.1) is 6.92 Å². The van der Waals surface area contributed by atoms with Gasteiger partial charge in [-0.15, -0.1) is 0 Å². The number of anilines is 1. The number of benzene rings is 1. The van der Waals surface area contributed by atoms with Gasteiger partial charge in [-0.25, -0.2) is 0 Å². The van der Waals surface area contributed by atoms with Crippen molar-refractivity contribution in [3.8, 4) is 0 Å². The molecule has 0 aromatic heterocycles. The summed E-state index contributed by atoms with van der Waals surface area (Å²) in [5.74, 6) is 1.01. The predicted molar refractivity (Wildman–Crippen MR) is 65.5 cm³/mol. The summed E-state index contributed by atoms with van der Waals surface area (Å²) in [6.45, 7) is 4.16. The average Bonchev–Trinajstić information content (AvgIpc) is 2.09. The molecule has 1 rings (SSSR count). The van der Waals surface area contributed by atoms with E-state index in [-0.39, 0.29) is 0 Å². The number of hydrogen-bond donors (Lipinski definition) is 1. The van der Waals surface area contributed by atoms with Crippen LogP contribution in [0.5, 0.6) is 0 Å². The van der Waals surface area contributed by atoms with Crippen LogP contribution in [0.4, 0.5) is 5.69 Å². The molecule has 0 heterocycles. The Labute approximate surface area is 88.9 Å². The number of thiocarbonyl (C=S) groups is 1. The molecule has 0 bridgehead atoms. The van der Waals surface area contributed by atoms with E-state index in [1.54, 1.807) is 11.8 Å². The third-order valence-corrected chi connectivity index (χ3v) is 2.68. The molecule has 0 amide bonds. The van der Waals surface area contributed by atoms with Gasteiger partial charge in [-0.3, -0.25) is 0 Å². The fourth-order valence-electron chi connectivity index (χ4n) is 0.922. The molecule has 0 aliphatic rings. The number of rotatable bonds is 2. The van der Waals surface area contributed by atoms with Crippen molar-refractivity contribution < 1.29 is 0 Å². The van der Waals surface area contributed by atoms with Crippen LogP contribution in [-0.4, -0.2) is 10.1 Å². The third-order valence-electron chi connectivity index (χ3n) is 1.57. The van der Waals surface area contributed by atoms with Gasteiger partial charge >= 0.3 is 0 Å². The Morgan fingerprint density at radius 1 is 1.38 bits per heavy atom. The quantitative estimate of drug-likeness (QED) is 0.753. The van der Waals surface area contributed by atoms with Crippen LogP contribution in [0.15, 0.2) is 24.3 Å². The van der Waals surface area contributed by atoms with E-state index in [0.29, 0.717) is 0 Å². The van der Waals surface area contributed by atoms with Crippen molar-refractivity contribution in [1.82, 2.24) is 0 Å². The van der Waals surface area contributed by atoms with Gasteiger partial charge in [0.05, 0.1) is 0 Å². The van der Waals surface area contributed by atoms with E-state index < -0.39 is 0 Å². The molecule has 0 aliphatic carbocycles. The lowest BCUT2D eigenvalue weighted by Crippen LogP contribution is -2.04. The van der Waals surface area contributed by atoms with Crippen molar-refractivity contribution in [1.29, 1.82) is 0 Å². The van der Waals surface area contributed by atoms with Gasteiger partial charge in [-0.1, -0.05) is 48.6 Å². The third kappa shape index (κ3) is 3.79. The van der Waals surface area contributed by atoms with Crippen LogP contribution in [0.2, 0.25) is 0 Å². The van der Waals surface area contributed by atoms with E-state index in [0.717, 1.165) is 15.8 Å². The molecule has 1 nitrogen and oxygen atoms in total. The Kier molecular flexibility index (Phi) is 4.25. The minimum absolute atomic E-state index is 0.839. The molecule has 0 radical (unpaired) electrons. The molecule has 0 unspecified atom stereocenters. The zero-order valence-corrected chi connectivity index (χ0v) is 9.47. The Hall–Kier alpha value is -0.540. The maximum atomic E-state index is 5.12. The van der Waals surface area contributed by atoms with E-state index in [2.05, 4.69) is 31.3 Å². The Balaban J connectivity index is 2.54. The van der Waals surface area contributed by atoms with E-state index >= 15 is 0 Å². The molecular formula is C10H13NS2. The van der Waals surface area contributed by atoms with E-state index in [1.165, 1.54) is 5.56 Å². The van der Waals surface area contributed by atoms with Gasteiger partial charge in [0.2, 0.25) is 0 Å². The summed E-state index contributed by atoms with van der Waals surface area (Å²) in [7, 11) is 0. The van der Waals surface area contributed by atoms with Crippen molar-refractivity contribution in [2.24, 2.45) is 0 Å². The average molecular weight is 211 g/mol. The van der Waals surface area contributed by atoms with Crippen molar-refractivity contribution in [3.63, 3.8) is 0 Å². The second kappa shape index (κ2) is 5.25. The standard InChI is InChI=1S/C10H13NS2/c1-3-13-10(12)11-9-6-4-8(2)5-7-9/h4-7H,3H2,1-2H3,(H,11,12). The lowest BCUT2D eigenvalue weighted by Gasteiger charge is -2.05. The lowest BCUT2D eigenvalue weighted by atomic mass is 10.2. The Bertz CT molecular complexity index is 279. The summed E-state index contributed by atoms with van der Waals surface area (Å²) in [4.78, 5) is 0. The zero-order chi connectivity index (χ0) is 9.68. The van der Waals surface area contributed by atoms with Crippen LogP contribution in [0.1, 0.15) is 12.5 Å². The highest BCUT2D eigenvalue weighted by molar-refractivity contribution is 8.23. The highest BCUT2D eigenvalue weighted by atomic mass is 32.2. The molecule has 1 aromatic rings. The Morgan fingerprint density at radius 2 is 2.00 bits per heavy atom. The van der Waals surface area contributed by atoms with Gasteiger partial charge in [0, 0.05) is 5.69 Å². The molecule has 0 saturated carbocycles. The zero-order valence-electron chi connectivity index (χ0n) is 7.83. The summed E-state index contributed by atoms with van der Waals surface area (Å²) >= 11 is 6.77. The summed E-state index contributed by atoms with van der Waals surface area (Å²) in [6.07, 6.45) is 0. The second-order valence-electron chi connectivity index (χ2n) is 2.71. The van der Waals surface area contributed by atoms with Crippen LogP contribution in [0.25, 0.3) is 0 Å². The van der Waals surface area contributed by atoms with Gasteiger partial charge in [-0.2, -0.15) is 0 Å². The topological polar surface area (TPSA) is 12.0 Å². The largest absolute Gasteiger partial charge is 0.341 e. The van der Waals surface area contributed by atoms with Gasteiger partial charge < -0.3 is 5.32 Å². The molecule has 0 spiro atoms. The number of thioether (sulfide) groups is 1. The fourth-order valence-corrected chi connectivity index (χ4v) is 1.85. The van der Waals surface area contributed by atoms with Crippen LogP contribution < -0.4 is 5.32 Å². The minimum atomic E-state index is 0.839. The molecule has 0 fully saturated rings. The number of aryl methyl sites for hydroxylation is 1. The molecule has 0 aliphatic heterocycles. The number of hydrogen-bond acceptors (Lipinski definition) is 2. The van der Waals surface area contributed by atoms with E-state index in [1.807, 2.05) is 12.1 Å². The van der Waals surface area contributed by atoms with Crippen LogP contribution >= 0.6 is 24.0 Å². The fraction of sp³-hybridized carbons (Fsp3) is 0.300. The monoisotopic (exact) mass is 211 g/mol.